The lowest BCUT2D eigenvalue weighted by Gasteiger charge is -2.26. The van der Waals surface area contributed by atoms with Crippen molar-refractivity contribution in [2.24, 2.45) is 0 Å². The zero-order chi connectivity index (χ0) is 29.3. The van der Waals surface area contributed by atoms with Gasteiger partial charge in [0.05, 0.1) is 0 Å². The van der Waals surface area contributed by atoms with Gasteiger partial charge in [-0.2, -0.15) is 0 Å². The van der Waals surface area contributed by atoms with Gasteiger partial charge in [0.25, 0.3) is 0 Å². The third kappa shape index (κ3) is 4.83. The first kappa shape index (κ1) is 25.8. The van der Waals surface area contributed by atoms with E-state index in [9.17, 15) is 0 Å². The predicted molar refractivity (Wildman–Crippen MR) is 185 cm³/mol. The second-order valence-corrected chi connectivity index (χ2v) is 11.0. The van der Waals surface area contributed by atoms with E-state index in [2.05, 4.69) is 163 Å². The molecule has 0 atom stereocenters. The van der Waals surface area contributed by atoms with Gasteiger partial charge in [-0.1, -0.05) is 121 Å². The van der Waals surface area contributed by atoms with Crippen LogP contribution in [0.25, 0.3) is 55.3 Å². The number of nitrogens with zero attached hydrogens (tertiary/aromatic N) is 1. The van der Waals surface area contributed by atoms with E-state index in [1.165, 1.54) is 21.9 Å². The summed E-state index contributed by atoms with van der Waals surface area (Å²) in [7, 11) is 0. The fourth-order valence-corrected chi connectivity index (χ4v) is 6.09. The summed E-state index contributed by atoms with van der Waals surface area (Å²) >= 11 is 0. The predicted octanol–water partition coefficient (Wildman–Crippen LogP) is 12.1. The highest BCUT2D eigenvalue weighted by atomic mass is 16.3. The molecule has 2 heteroatoms. The molecule has 208 valence electrons. The maximum Gasteiger partial charge on any atom is 0.135 e. The summed E-state index contributed by atoms with van der Waals surface area (Å²) in [6.07, 6.45) is 0. The normalized spacial score (nSPS) is 11.2. The molecule has 2 nitrogen and oxygen atoms in total. The second kappa shape index (κ2) is 11.1. The average molecular weight is 564 g/mol. The second-order valence-electron chi connectivity index (χ2n) is 11.0. The van der Waals surface area contributed by atoms with E-state index in [1.54, 1.807) is 0 Å². The summed E-state index contributed by atoms with van der Waals surface area (Å²) in [4.78, 5) is 2.32. The Bertz CT molecular complexity index is 2190. The molecule has 0 bridgehead atoms. The number of hydrogen-bond donors (Lipinski definition) is 0. The molecule has 1 heterocycles. The molecule has 7 aromatic carbocycles. The van der Waals surface area contributed by atoms with E-state index in [0.29, 0.717) is 0 Å². The Balaban J connectivity index is 1.17. The van der Waals surface area contributed by atoms with Crippen molar-refractivity contribution >= 4 is 38.8 Å². The van der Waals surface area contributed by atoms with Crippen molar-refractivity contribution in [3.8, 4) is 33.6 Å². The zero-order valence-corrected chi connectivity index (χ0v) is 24.1. The molecule has 0 aliphatic carbocycles. The van der Waals surface area contributed by atoms with Gasteiger partial charge < -0.3 is 9.32 Å². The van der Waals surface area contributed by atoms with Gasteiger partial charge in [-0.15, -0.1) is 0 Å². The lowest BCUT2D eigenvalue weighted by molar-refractivity contribution is 0.631. The van der Waals surface area contributed by atoms with E-state index in [0.717, 1.165) is 50.5 Å². The van der Waals surface area contributed by atoms with E-state index in [-0.39, 0.29) is 0 Å². The summed E-state index contributed by atoms with van der Waals surface area (Å²) in [5.74, 6) is 0.881. The van der Waals surface area contributed by atoms with Crippen LogP contribution in [0.4, 0.5) is 17.1 Å². The van der Waals surface area contributed by atoms with Crippen molar-refractivity contribution in [3.63, 3.8) is 0 Å². The number of furan rings is 1. The fraction of sp³-hybridized carbons (Fsp3) is 0. The summed E-state index contributed by atoms with van der Waals surface area (Å²) in [5.41, 5.74) is 10.0. The standard InChI is InChI=1S/C42H29NO/c1-2-17-36(18-3-1)43(38-19-9-15-33(28-38)40-21-10-13-31-11-4-6-20-39(31)40)37-25-23-30(24-26-37)32-14-8-16-34(27-32)42-29-35-12-5-7-22-41(35)44-42/h1-29H. The minimum absolute atomic E-state index is 0.881. The number of fused-ring (bicyclic) bond motifs is 2. The van der Waals surface area contributed by atoms with E-state index in [4.69, 9.17) is 4.42 Å². The molecule has 0 unspecified atom stereocenters. The van der Waals surface area contributed by atoms with Crippen LogP contribution >= 0.6 is 0 Å². The smallest absolute Gasteiger partial charge is 0.135 e. The maximum absolute atomic E-state index is 6.15. The topological polar surface area (TPSA) is 16.4 Å². The maximum atomic E-state index is 6.15. The van der Waals surface area contributed by atoms with Crippen LogP contribution in [-0.2, 0) is 0 Å². The summed E-state index contributed by atoms with van der Waals surface area (Å²) in [6.45, 7) is 0. The van der Waals surface area contributed by atoms with Crippen LogP contribution in [0, 0.1) is 0 Å². The van der Waals surface area contributed by atoms with Gasteiger partial charge in [0.15, 0.2) is 0 Å². The van der Waals surface area contributed by atoms with Gasteiger partial charge in [0.1, 0.15) is 11.3 Å². The van der Waals surface area contributed by atoms with E-state index < -0.39 is 0 Å². The molecule has 0 amide bonds. The SMILES string of the molecule is c1ccc(N(c2ccc(-c3cccc(-c4cc5ccccc5o4)c3)cc2)c2cccc(-c3cccc4ccccc34)c2)cc1. The summed E-state index contributed by atoms with van der Waals surface area (Å²) in [5, 5.41) is 3.62. The van der Waals surface area contributed by atoms with Crippen molar-refractivity contribution in [1.82, 2.24) is 0 Å². The third-order valence-corrected chi connectivity index (χ3v) is 8.25. The van der Waals surface area contributed by atoms with Crippen LogP contribution < -0.4 is 4.90 Å². The highest BCUT2D eigenvalue weighted by Gasteiger charge is 2.15. The zero-order valence-electron chi connectivity index (χ0n) is 24.1. The largest absolute Gasteiger partial charge is 0.456 e. The van der Waals surface area contributed by atoms with Crippen LogP contribution in [0.1, 0.15) is 0 Å². The minimum atomic E-state index is 0.881. The van der Waals surface area contributed by atoms with Gasteiger partial charge >= 0.3 is 0 Å². The van der Waals surface area contributed by atoms with Gasteiger partial charge in [-0.05, 0) is 87.6 Å². The van der Waals surface area contributed by atoms with Crippen LogP contribution in [0.3, 0.4) is 0 Å². The molecule has 44 heavy (non-hydrogen) atoms. The third-order valence-electron chi connectivity index (χ3n) is 8.25. The molecule has 0 aliphatic heterocycles. The average Bonchev–Trinajstić information content (AvgIpc) is 3.54. The van der Waals surface area contributed by atoms with Crippen molar-refractivity contribution in [1.29, 1.82) is 0 Å². The lowest BCUT2D eigenvalue weighted by Crippen LogP contribution is -2.09. The molecule has 0 saturated heterocycles. The number of hydrogen-bond acceptors (Lipinski definition) is 2. The highest BCUT2D eigenvalue weighted by molar-refractivity contribution is 5.97. The van der Waals surface area contributed by atoms with E-state index in [1.807, 2.05) is 18.2 Å². The Hall–Kier alpha value is -5.86. The molecule has 0 N–H and O–H groups in total. The molecule has 8 aromatic rings. The van der Waals surface area contributed by atoms with Crippen LogP contribution in [0.5, 0.6) is 0 Å². The first-order valence-corrected chi connectivity index (χ1v) is 14.9. The Labute approximate surface area is 257 Å². The molecule has 0 fully saturated rings. The van der Waals surface area contributed by atoms with Crippen molar-refractivity contribution in [2.75, 3.05) is 4.90 Å². The van der Waals surface area contributed by atoms with Crippen molar-refractivity contribution in [3.05, 3.63) is 176 Å². The molecule has 0 aliphatic rings. The Kier molecular flexibility index (Phi) is 6.51. The minimum Gasteiger partial charge on any atom is -0.456 e. The van der Waals surface area contributed by atoms with Crippen LogP contribution in [0.2, 0.25) is 0 Å². The molecule has 0 saturated carbocycles. The summed E-state index contributed by atoms with van der Waals surface area (Å²) < 4.78 is 6.15. The molecule has 0 radical (unpaired) electrons. The number of para-hydroxylation sites is 2. The fourth-order valence-electron chi connectivity index (χ4n) is 6.09. The van der Waals surface area contributed by atoms with Crippen LogP contribution in [0.15, 0.2) is 180 Å². The van der Waals surface area contributed by atoms with Gasteiger partial charge in [0.2, 0.25) is 0 Å². The van der Waals surface area contributed by atoms with E-state index >= 15 is 0 Å². The van der Waals surface area contributed by atoms with Gasteiger partial charge in [0, 0.05) is 28.0 Å². The Morgan fingerprint density at radius 1 is 0.364 bits per heavy atom. The van der Waals surface area contributed by atoms with Crippen molar-refractivity contribution in [2.45, 2.75) is 0 Å². The number of benzene rings is 7. The lowest BCUT2D eigenvalue weighted by atomic mass is 9.97. The Morgan fingerprint density at radius 3 is 1.86 bits per heavy atom. The Morgan fingerprint density at radius 2 is 1.00 bits per heavy atom. The van der Waals surface area contributed by atoms with Gasteiger partial charge in [-0.3, -0.25) is 0 Å². The highest BCUT2D eigenvalue weighted by Crippen LogP contribution is 2.39. The quantitative estimate of drug-likeness (QED) is 0.200. The van der Waals surface area contributed by atoms with Crippen LogP contribution in [-0.4, -0.2) is 0 Å². The summed E-state index contributed by atoms with van der Waals surface area (Å²) in [6, 6.07) is 62.2. The molecular weight excluding hydrogens is 534 g/mol. The number of rotatable bonds is 6. The van der Waals surface area contributed by atoms with Gasteiger partial charge in [-0.25, -0.2) is 0 Å². The first-order valence-electron chi connectivity index (χ1n) is 14.9. The number of anilines is 3. The first-order chi connectivity index (χ1) is 21.8. The molecule has 1 aromatic heterocycles. The molecule has 0 spiro atoms. The monoisotopic (exact) mass is 563 g/mol. The molecular formula is C42H29NO. The molecule has 8 rings (SSSR count). The van der Waals surface area contributed by atoms with Crippen molar-refractivity contribution < 1.29 is 4.42 Å².